The summed E-state index contributed by atoms with van der Waals surface area (Å²) in [6, 6.07) is 6.28. The van der Waals surface area contributed by atoms with Gasteiger partial charge in [-0.25, -0.2) is 13.2 Å². The van der Waals surface area contributed by atoms with Crippen LogP contribution in [0.4, 0.5) is 24.5 Å². The molecular weight excluding hydrogens is 443 g/mol. The van der Waals surface area contributed by atoms with Crippen LogP contribution in [0.3, 0.4) is 0 Å². The number of carbonyl (C=O) groups excluding carboxylic acids is 1. The van der Waals surface area contributed by atoms with E-state index in [2.05, 4.69) is 17.6 Å². The monoisotopic (exact) mass is 481 g/mol. The molecule has 0 bridgehead atoms. The van der Waals surface area contributed by atoms with Crippen LogP contribution in [0.25, 0.3) is 0 Å². The van der Waals surface area contributed by atoms with Gasteiger partial charge in [0.2, 0.25) is 0 Å². The van der Waals surface area contributed by atoms with Gasteiger partial charge in [0.05, 0.1) is 30.0 Å². The standard InChI is InChI=1S/C22H26F3N3O2.2C2H6/c1-3-4-9-26-11-22(30)12-28(13-22)21(29)15-6-7-16(23)19(25)20(15)27-18-8-5-14(2)10-17(18)24;2*1-2/h5-8,10,26-27,30H,3-4,9,11-13H2,1-2H3;2*1-2H3. The van der Waals surface area contributed by atoms with Crippen molar-refractivity contribution in [3.05, 3.63) is 58.9 Å². The number of aliphatic hydroxyl groups is 1. The second-order valence-corrected chi connectivity index (χ2v) is 7.81. The Morgan fingerprint density at radius 1 is 1.06 bits per heavy atom. The third-order valence-corrected chi connectivity index (χ3v) is 5.13. The van der Waals surface area contributed by atoms with E-state index in [1.807, 2.05) is 27.7 Å². The molecule has 0 radical (unpaired) electrons. The van der Waals surface area contributed by atoms with Gasteiger partial charge in [-0.05, 0) is 49.7 Å². The number of halogens is 3. The Kier molecular flexibility index (Phi) is 12.1. The molecule has 34 heavy (non-hydrogen) atoms. The normalized spacial score (nSPS) is 13.6. The third-order valence-electron chi connectivity index (χ3n) is 5.13. The van der Waals surface area contributed by atoms with Crippen molar-refractivity contribution in [1.82, 2.24) is 10.2 Å². The molecule has 5 nitrogen and oxygen atoms in total. The molecule has 1 aliphatic rings. The highest BCUT2D eigenvalue weighted by atomic mass is 19.2. The summed E-state index contributed by atoms with van der Waals surface area (Å²) in [5.74, 6) is -3.63. The van der Waals surface area contributed by atoms with Crippen LogP contribution in [0.5, 0.6) is 0 Å². The first-order valence-corrected chi connectivity index (χ1v) is 12.0. The lowest BCUT2D eigenvalue weighted by Crippen LogP contribution is -2.67. The number of nitrogens with zero attached hydrogens (tertiary/aromatic N) is 1. The predicted octanol–water partition coefficient (Wildman–Crippen LogP) is 5.78. The topological polar surface area (TPSA) is 64.6 Å². The average molecular weight is 482 g/mol. The molecule has 1 amide bonds. The summed E-state index contributed by atoms with van der Waals surface area (Å²) in [5.41, 5.74) is -1.02. The van der Waals surface area contributed by atoms with Gasteiger partial charge in [-0.1, -0.05) is 47.1 Å². The van der Waals surface area contributed by atoms with Gasteiger partial charge in [-0.2, -0.15) is 0 Å². The zero-order valence-electron chi connectivity index (χ0n) is 21.1. The van der Waals surface area contributed by atoms with Crippen molar-refractivity contribution in [2.75, 3.05) is 31.5 Å². The lowest BCUT2D eigenvalue weighted by atomic mass is 9.92. The molecule has 0 aromatic heterocycles. The summed E-state index contributed by atoms with van der Waals surface area (Å²) < 4.78 is 42.5. The number of anilines is 2. The molecule has 1 fully saturated rings. The Hall–Kier alpha value is -2.58. The summed E-state index contributed by atoms with van der Waals surface area (Å²) in [6.45, 7) is 13.0. The number of carbonyl (C=O) groups is 1. The first kappa shape index (κ1) is 29.5. The molecule has 1 aliphatic heterocycles. The fourth-order valence-corrected chi connectivity index (χ4v) is 3.42. The fraction of sp³-hybridized carbons (Fsp3) is 0.500. The Bertz CT molecular complexity index is 932. The largest absolute Gasteiger partial charge is 0.385 e. The second kappa shape index (κ2) is 14.0. The maximum atomic E-state index is 14.5. The van der Waals surface area contributed by atoms with Crippen molar-refractivity contribution in [3.8, 4) is 0 Å². The number of benzene rings is 2. The summed E-state index contributed by atoms with van der Waals surface area (Å²) >= 11 is 0. The van der Waals surface area contributed by atoms with E-state index in [0.29, 0.717) is 12.1 Å². The van der Waals surface area contributed by atoms with Crippen molar-refractivity contribution in [3.63, 3.8) is 0 Å². The predicted molar refractivity (Wildman–Crippen MR) is 132 cm³/mol. The van der Waals surface area contributed by atoms with Crippen LogP contribution in [0.1, 0.15) is 63.4 Å². The molecule has 2 aromatic rings. The molecule has 0 aliphatic carbocycles. The quantitative estimate of drug-likeness (QED) is 0.418. The molecule has 0 atom stereocenters. The van der Waals surface area contributed by atoms with E-state index in [4.69, 9.17) is 0 Å². The van der Waals surface area contributed by atoms with E-state index in [-0.39, 0.29) is 24.3 Å². The van der Waals surface area contributed by atoms with Crippen molar-refractivity contribution in [1.29, 1.82) is 0 Å². The highest BCUT2D eigenvalue weighted by Crippen LogP contribution is 2.31. The number of aryl methyl sites for hydroxylation is 1. The molecular formula is C26H38F3N3O2. The Morgan fingerprint density at radius 3 is 2.29 bits per heavy atom. The SMILES string of the molecule is CC.CC.CCCCNCC1(O)CN(C(=O)c2ccc(F)c(F)c2Nc2ccc(C)cc2F)C1. The van der Waals surface area contributed by atoms with E-state index < -0.39 is 34.6 Å². The highest BCUT2D eigenvalue weighted by Gasteiger charge is 2.44. The van der Waals surface area contributed by atoms with Crippen LogP contribution in [0, 0.1) is 24.4 Å². The number of amides is 1. The maximum absolute atomic E-state index is 14.5. The second-order valence-electron chi connectivity index (χ2n) is 7.81. The van der Waals surface area contributed by atoms with Crippen molar-refractivity contribution < 1.29 is 23.1 Å². The van der Waals surface area contributed by atoms with Gasteiger partial charge in [-0.3, -0.25) is 4.79 Å². The maximum Gasteiger partial charge on any atom is 0.256 e. The van der Waals surface area contributed by atoms with E-state index in [1.54, 1.807) is 13.0 Å². The lowest BCUT2D eigenvalue weighted by Gasteiger charge is -2.46. The van der Waals surface area contributed by atoms with Crippen LogP contribution in [-0.2, 0) is 0 Å². The zero-order valence-corrected chi connectivity index (χ0v) is 21.1. The number of hydrogen-bond acceptors (Lipinski definition) is 4. The van der Waals surface area contributed by atoms with Crippen LogP contribution >= 0.6 is 0 Å². The number of rotatable bonds is 8. The molecule has 8 heteroatoms. The number of β-amino-alcohol motifs (C(OH)–C–C–N with tert-alkyl or cyclic N) is 1. The molecule has 1 heterocycles. The first-order chi connectivity index (χ1) is 16.2. The van der Waals surface area contributed by atoms with Crippen molar-refractivity contribution in [2.24, 2.45) is 0 Å². The Balaban J connectivity index is 0.00000137. The van der Waals surface area contributed by atoms with Gasteiger partial charge in [0.25, 0.3) is 5.91 Å². The van der Waals surface area contributed by atoms with Crippen molar-refractivity contribution in [2.45, 2.75) is 60.0 Å². The molecule has 0 saturated carbocycles. The van der Waals surface area contributed by atoms with Crippen LogP contribution in [0.2, 0.25) is 0 Å². The number of likely N-dealkylation sites (tertiary alicyclic amines) is 1. The smallest absolute Gasteiger partial charge is 0.256 e. The number of hydrogen-bond donors (Lipinski definition) is 3. The van der Waals surface area contributed by atoms with E-state index in [9.17, 15) is 23.1 Å². The average Bonchev–Trinajstić information content (AvgIpc) is 2.82. The minimum Gasteiger partial charge on any atom is -0.385 e. The number of unbranched alkanes of at least 4 members (excludes halogenated alkanes) is 1. The molecule has 3 N–H and O–H groups in total. The molecule has 3 rings (SSSR count). The number of nitrogens with one attached hydrogen (secondary N) is 2. The van der Waals surface area contributed by atoms with Gasteiger partial charge in [0.1, 0.15) is 11.4 Å². The molecule has 1 saturated heterocycles. The van der Waals surface area contributed by atoms with Crippen molar-refractivity contribution >= 4 is 17.3 Å². The summed E-state index contributed by atoms with van der Waals surface area (Å²) in [4.78, 5) is 14.2. The fourth-order valence-electron chi connectivity index (χ4n) is 3.42. The minimum absolute atomic E-state index is 0.0700. The highest BCUT2D eigenvalue weighted by molar-refractivity contribution is 6.01. The van der Waals surface area contributed by atoms with Gasteiger partial charge in [0.15, 0.2) is 11.6 Å². The molecule has 2 aromatic carbocycles. The lowest BCUT2D eigenvalue weighted by molar-refractivity contribution is -0.0784. The summed E-state index contributed by atoms with van der Waals surface area (Å²) in [6.07, 6.45) is 2.02. The van der Waals surface area contributed by atoms with Gasteiger partial charge in [-0.15, -0.1) is 0 Å². The molecule has 190 valence electrons. The van der Waals surface area contributed by atoms with E-state index in [1.165, 1.54) is 17.0 Å². The molecule has 0 spiro atoms. The van der Waals surface area contributed by atoms with Gasteiger partial charge < -0.3 is 20.6 Å². The third kappa shape index (κ3) is 7.46. The van der Waals surface area contributed by atoms with E-state index >= 15 is 0 Å². The first-order valence-electron chi connectivity index (χ1n) is 12.0. The molecule has 0 unspecified atom stereocenters. The Morgan fingerprint density at radius 2 is 1.71 bits per heavy atom. The zero-order chi connectivity index (χ0) is 25.9. The van der Waals surface area contributed by atoms with E-state index in [0.717, 1.165) is 31.5 Å². The van der Waals surface area contributed by atoms with Gasteiger partial charge >= 0.3 is 0 Å². The summed E-state index contributed by atoms with van der Waals surface area (Å²) in [5, 5.41) is 16.2. The van der Waals surface area contributed by atoms with Crippen LogP contribution in [0.15, 0.2) is 30.3 Å². The minimum atomic E-state index is -1.27. The van der Waals surface area contributed by atoms with Gasteiger partial charge in [0, 0.05) is 6.54 Å². The van der Waals surface area contributed by atoms with Crippen LogP contribution < -0.4 is 10.6 Å². The van der Waals surface area contributed by atoms with Crippen LogP contribution in [-0.4, -0.2) is 47.7 Å². The Labute approximate surface area is 201 Å². The summed E-state index contributed by atoms with van der Waals surface area (Å²) in [7, 11) is 0.